The SMILES string of the molecule is Cc1ccccc1NC(=O)C(C#N)=Cc1csc(-c2cccs2)n1. The molecule has 0 fully saturated rings. The van der Waals surface area contributed by atoms with Crippen LogP contribution in [0, 0.1) is 18.3 Å². The first-order valence-corrected chi connectivity index (χ1v) is 8.91. The van der Waals surface area contributed by atoms with Gasteiger partial charge in [-0.1, -0.05) is 24.3 Å². The number of nitrogens with zero attached hydrogens (tertiary/aromatic N) is 2. The number of thiazole rings is 1. The number of anilines is 1. The van der Waals surface area contributed by atoms with E-state index in [0.717, 1.165) is 15.4 Å². The zero-order valence-electron chi connectivity index (χ0n) is 12.8. The highest BCUT2D eigenvalue weighted by atomic mass is 32.1. The summed E-state index contributed by atoms with van der Waals surface area (Å²) in [5.74, 6) is -0.433. The Labute approximate surface area is 147 Å². The molecule has 0 bridgehead atoms. The number of thiophene rings is 1. The number of nitriles is 1. The fourth-order valence-corrected chi connectivity index (χ4v) is 3.66. The molecular formula is C18H13N3OS2. The molecule has 0 radical (unpaired) electrons. The Hall–Kier alpha value is -2.75. The molecule has 0 aliphatic rings. The monoisotopic (exact) mass is 351 g/mol. The molecule has 0 aliphatic heterocycles. The van der Waals surface area contributed by atoms with E-state index in [1.807, 2.05) is 54.1 Å². The van der Waals surface area contributed by atoms with Gasteiger partial charge in [0.05, 0.1) is 10.6 Å². The standard InChI is InChI=1S/C18H13N3OS2/c1-12-5-2-3-6-15(12)21-17(22)13(10-19)9-14-11-24-18(20-14)16-7-4-8-23-16/h2-9,11H,1H3,(H,21,22). The van der Waals surface area contributed by atoms with Crippen molar-refractivity contribution in [3.63, 3.8) is 0 Å². The predicted octanol–water partition coefficient (Wildman–Crippen LogP) is 4.73. The van der Waals surface area contributed by atoms with Gasteiger partial charge >= 0.3 is 0 Å². The molecule has 1 amide bonds. The summed E-state index contributed by atoms with van der Waals surface area (Å²) in [7, 11) is 0. The van der Waals surface area contributed by atoms with Crippen molar-refractivity contribution >= 4 is 40.3 Å². The molecule has 4 nitrogen and oxygen atoms in total. The van der Waals surface area contributed by atoms with Gasteiger partial charge in [-0.2, -0.15) is 5.26 Å². The first-order valence-electron chi connectivity index (χ1n) is 7.15. The molecule has 118 valence electrons. The molecule has 1 aromatic carbocycles. The van der Waals surface area contributed by atoms with E-state index in [9.17, 15) is 10.1 Å². The number of nitrogens with one attached hydrogen (secondary N) is 1. The predicted molar refractivity (Wildman–Crippen MR) is 98.8 cm³/mol. The second-order valence-corrected chi connectivity index (χ2v) is 6.80. The van der Waals surface area contributed by atoms with Crippen LogP contribution >= 0.6 is 22.7 Å². The van der Waals surface area contributed by atoms with Crippen LogP contribution in [0.1, 0.15) is 11.3 Å². The van der Waals surface area contributed by atoms with E-state index in [1.54, 1.807) is 17.4 Å². The van der Waals surface area contributed by atoms with E-state index < -0.39 is 5.91 Å². The van der Waals surface area contributed by atoms with Gasteiger partial charge in [-0.25, -0.2) is 4.98 Å². The number of rotatable bonds is 4. The highest BCUT2D eigenvalue weighted by Gasteiger charge is 2.12. The van der Waals surface area contributed by atoms with E-state index in [1.165, 1.54) is 17.4 Å². The summed E-state index contributed by atoms with van der Waals surface area (Å²) in [4.78, 5) is 17.9. The third-order valence-electron chi connectivity index (χ3n) is 3.30. The topological polar surface area (TPSA) is 65.8 Å². The fourth-order valence-electron chi connectivity index (χ4n) is 2.07. The third-order valence-corrected chi connectivity index (χ3v) is 5.20. The lowest BCUT2D eigenvalue weighted by atomic mass is 10.2. The Balaban J connectivity index is 1.81. The van der Waals surface area contributed by atoms with E-state index in [2.05, 4.69) is 10.3 Å². The second-order valence-electron chi connectivity index (χ2n) is 4.99. The van der Waals surface area contributed by atoms with Crippen molar-refractivity contribution in [2.75, 3.05) is 5.32 Å². The van der Waals surface area contributed by atoms with Crippen LogP contribution in [0.5, 0.6) is 0 Å². The highest BCUT2D eigenvalue weighted by molar-refractivity contribution is 7.20. The molecule has 24 heavy (non-hydrogen) atoms. The Morgan fingerprint density at radius 2 is 2.08 bits per heavy atom. The summed E-state index contributed by atoms with van der Waals surface area (Å²) in [6.07, 6.45) is 1.52. The average Bonchev–Trinajstić information content (AvgIpc) is 3.25. The molecule has 6 heteroatoms. The number of aryl methyl sites for hydroxylation is 1. The van der Waals surface area contributed by atoms with Crippen molar-refractivity contribution < 1.29 is 4.79 Å². The zero-order chi connectivity index (χ0) is 16.9. The number of carbonyl (C=O) groups is 1. The van der Waals surface area contributed by atoms with Gasteiger partial charge in [0.2, 0.25) is 0 Å². The van der Waals surface area contributed by atoms with Gasteiger partial charge in [-0.15, -0.1) is 22.7 Å². The molecule has 2 heterocycles. The minimum Gasteiger partial charge on any atom is -0.321 e. The molecule has 3 aromatic rings. The van der Waals surface area contributed by atoms with Gasteiger partial charge in [-0.05, 0) is 36.1 Å². The van der Waals surface area contributed by atoms with Gasteiger partial charge in [0.15, 0.2) is 0 Å². The van der Waals surface area contributed by atoms with Crippen LogP contribution < -0.4 is 5.32 Å². The molecule has 2 aromatic heterocycles. The molecule has 0 aliphatic carbocycles. The minimum atomic E-state index is -0.433. The van der Waals surface area contributed by atoms with E-state index >= 15 is 0 Å². The quantitative estimate of drug-likeness (QED) is 0.546. The summed E-state index contributed by atoms with van der Waals surface area (Å²) < 4.78 is 0. The molecule has 0 atom stereocenters. The van der Waals surface area contributed by atoms with Gasteiger partial charge in [-0.3, -0.25) is 4.79 Å². The summed E-state index contributed by atoms with van der Waals surface area (Å²) in [6.45, 7) is 1.90. The maximum atomic E-state index is 12.3. The summed E-state index contributed by atoms with van der Waals surface area (Å²) >= 11 is 3.10. The van der Waals surface area contributed by atoms with Gasteiger partial charge < -0.3 is 5.32 Å². The Bertz CT molecular complexity index is 933. The number of hydrogen-bond donors (Lipinski definition) is 1. The van der Waals surface area contributed by atoms with Crippen molar-refractivity contribution in [3.8, 4) is 16.0 Å². The largest absolute Gasteiger partial charge is 0.321 e. The number of hydrogen-bond acceptors (Lipinski definition) is 5. The van der Waals surface area contributed by atoms with Crippen molar-refractivity contribution in [3.05, 3.63) is 64.0 Å². The van der Waals surface area contributed by atoms with Crippen LogP contribution in [0.2, 0.25) is 0 Å². The average molecular weight is 351 g/mol. The van der Waals surface area contributed by atoms with Crippen molar-refractivity contribution in [2.24, 2.45) is 0 Å². The minimum absolute atomic E-state index is 0.0290. The van der Waals surface area contributed by atoms with Crippen molar-refractivity contribution in [1.82, 2.24) is 4.98 Å². The number of amides is 1. The Morgan fingerprint density at radius 1 is 1.25 bits per heavy atom. The number of aromatic nitrogens is 1. The first-order chi connectivity index (χ1) is 11.7. The highest BCUT2D eigenvalue weighted by Crippen LogP contribution is 2.28. The third kappa shape index (κ3) is 3.59. The van der Waals surface area contributed by atoms with Crippen LogP contribution in [0.25, 0.3) is 16.0 Å². The maximum Gasteiger partial charge on any atom is 0.266 e. The smallest absolute Gasteiger partial charge is 0.266 e. The maximum absolute atomic E-state index is 12.3. The summed E-state index contributed by atoms with van der Waals surface area (Å²) in [5, 5.41) is 16.8. The van der Waals surface area contributed by atoms with Crippen LogP contribution in [0.15, 0.2) is 52.7 Å². The Kier molecular flexibility index (Phi) is 4.85. The first kappa shape index (κ1) is 16.1. The Morgan fingerprint density at radius 3 is 2.79 bits per heavy atom. The van der Waals surface area contributed by atoms with E-state index in [0.29, 0.717) is 11.4 Å². The molecule has 3 rings (SSSR count). The normalized spacial score (nSPS) is 11.1. The summed E-state index contributed by atoms with van der Waals surface area (Å²) in [6, 6.07) is 13.4. The number of carbonyl (C=O) groups excluding carboxylic acids is 1. The fraction of sp³-hybridized carbons (Fsp3) is 0.0556. The molecular weight excluding hydrogens is 338 g/mol. The second kappa shape index (κ2) is 7.21. The molecule has 0 spiro atoms. The molecule has 1 N–H and O–H groups in total. The zero-order valence-corrected chi connectivity index (χ0v) is 14.4. The molecule has 0 unspecified atom stereocenters. The number of benzene rings is 1. The van der Waals surface area contributed by atoms with Gasteiger partial charge in [0, 0.05) is 11.1 Å². The summed E-state index contributed by atoms with van der Waals surface area (Å²) in [5.41, 5.74) is 2.28. The van der Waals surface area contributed by atoms with E-state index in [4.69, 9.17) is 0 Å². The van der Waals surface area contributed by atoms with E-state index in [-0.39, 0.29) is 5.57 Å². The lowest BCUT2D eigenvalue weighted by Crippen LogP contribution is -2.14. The van der Waals surface area contributed by atoms with Gasteiger partial charge in [0.1, 0.15) is 16.6 Å². The van der Waals surface area contributed by atoms with Gasteiger partial charge in [0.25, 0.3) is 5.91 Å². The van der Waals surface area contributed by atoms with Crippen molar-refractivity contribution in [2.45, 2.75) is 6.92 Å². The number of para-hydroxylation sites is 1. The van der Waals surface area contributed by atoms with Crippen LogP contribution in [0.3, 0.4) is 0 Å². The van der Waals surface area contributed by atoms with Crippen molar-refractivity contribution in [1.29, 1.82) is 5.26 Å². The van der Waals surface area contributed by atoms with Crippen LogP contribution in [-0.2, 0) is 4.79 Å². The molecule has 0 saturated carbocycles. The lowest BCUT2D eigenvalue weighted by Gasteiger charge is -2.06. The lowest BCUT2D eigenvalue weighted by molar-refractivity contribution is -0.112. The van der Waals surface area contributed by atoms with Crippen LogP contribution in [0.4, 0.5) is 5.69 Å². The molecule has 0 saturated heterocycles. The van der Waals surface area contributed by atoms with Crippen LogP contribution in [-0.4, -0.2) is 10.9 Å².